The lowest BCUT2D eigenvalue weighted by atomic mass is 9.96. The highest BCUT2D eigenvalue weighted by Crippen LogP contribution is 2.30. The number of hydrogen-bond donors (Lipinski definition) is 0. The van der Waals surface area contributed by atoms with E-state index in [1.807, 2.05) is 36.4 Å². The van der Waals surface area contributed by atoms with E-state index in [0.717, 1.165) is 5.56 Å². The number of thiazole rings is 1. The van der Waals surface area contributed by atoms with Crippen LogP contribution in [0.25, 0.3) is 6.08 Å². The van der Waals surface area contributed by atoms with Gasteiger partial charge in [-0.15, -0.1) is 0 Å². The van der Waals surface area contributed by atoms with Crippen molar-refractivity contribution in [2.24, 2.45) is 4.99 Å². The molecule has 0 N–H and O–H groups in total. The molecule has 9 nitrogen and oxygen atoms in total. The largest absolute Gasteiger partial charge is 0.489 e. The van der Waals surface area contributed by atoms with E-state index in [-0.39, 0.29) is 24.5 Å². The SMILES string of the molecule is CCOC(=O)C1=C(C)N=c2s/c(=C\c3cccc(OCc4ccccc4[N+](=O)[O-])c3)c(=O)n2[C@@H]1c1ccccc1. The molecule has 4 aromatic rings. The van der Waals surface area contributed by atoms with Crippen LogP contribution in [0.5, 0.6) is 5.75 Å². The van der Waals surface area contributed by atoms with Crippen LogP contribution in [0.2, 0.25) is 0 Å². The Morgan fingerprint density at radius 2 is 1.85 bits per heavy atom. The Hall–Kier alpha value is -4.83. The third-order valence-corrected chi connectivity index (χ3v) is 7.35. The van der Waals surface area contributed by atoms with Crippen LogP contribution in [0.1, 0.15) is 36.6 Å². The quantitative estimate of drug-likeness (QED) is 0.182. The number of esters is 1. The minimum Gasteiger partial charge on any atom is -0.489 e. The van der Waals surface area contributed by atoms with Crippen LogP contribution >= 0.6 is 11.3 Å². The van der Waals surface area contributed by atoms with Gasteiger partial charge < -0.3 is 9.47 Å². The molecule has 0 unspecified atom stereocenters. The Kier molecular flexibility index (Phi) is 7.70. The van der Waals surface area contributed by atoms with Gasteiger partial charge in [-0.25, -0.2) is 9.79 Å². The maximum atomic E-state index is 13.7. The van der Waals surface area contributed by atoms with Crippen molar-refractivity contribution in [1.29, 1.82) is 0 Å². The van der Waals surface area contributed by atoms with E-state index in [2.05, 4.69) is 4.99 Å². The Labute approximate surface area is 233 Å². The monoisotopic (exact) mass is 555 g/mol. The first-order valence-electron chi connectivity index (χ1n) is 12.6. The van der Waals surface area contributed by atoms with Crippen LogP contribution in [0, 0.1) is 10.1 Å². The molecular weight excluding hydrogens is 530 g/mol. The van der Waals surface area contributed by atoms with Crippen LogP contribution < -0.4 is 19.6 Å². The number of hydrogen-bond acceptors (Lipinski definition) is 8. The van der Waals surface area contributed by atoms with Crippen molar-refractivity contribution in [3.8, 4) is 5.75 Å². The molecular formula is C30H25N3O6S. The van der Waals surface area contributed by atoms with E-state index in [0.29, 0.717) is 37.5 Å². The van der Waals surface area contributed by atoms with Crippen LogP contribution in [0.4, 0.5) is 5.69 Å². The normalized spacial score (nSPS) is 14.8. The lowest BCUT2D eigenvalue weighted by molar-refractivity contribution is -0.385. The predicted octanol–water partition coefficient (Wildman–Crippen LogP) is 4.29. The number of para-hydroxylation sites is 1. The minimum absolute atomic E-state index is 0.00906. The number of benzene rings is 3. The van der Waals surface area contributed by atoms with E-state index >= 15 is 0 Å². The molecule has 0 amide bonds. The summed E-state index contributed by atoms with van der Waals surface area (Å²) in [5.41, 5.74) is 2.49. The molecule has 1 aliphatic heterocycles. The molecule has 0 bridgehead atoms. The molecule has 202 valence electrons. The first kappa shape index (κ1) is 26.8. The van der Waals surface area contributed by atoms with E-state index in [1.54, 1.807) is 60.9 Å². The molecule has 1 aromatic heterocycles. The highest BCUT2D eigenvalue weighted by molar-refractivity contribution is 7.07. The number of aromatic nitrogens is 1. The van der Waals surface area contributed by atoms with E-state index < -0.39 is 16.9 Å². The van der Waals surface area contributed by atoms with Gasteiger partial charge in [-0.1, -0.05) is 65.9 Å². The molecule has 1 aliphatic rings. The van der Waals surface area contributed by atoms with E-state index in [1.165, 1.54) is 17.4 Å². The van der Waals surface area contributed by atoms with Crippen molar-refractivity contribution >= 4 is 29.1 Å². The van der Waals surface area contributed by atoms with Crippen LogP contribution in [0.15, 0.2) is 99.9 Å². The van der Waals surface area contributed by atoms with Crippen molar-refractivity contribution in [3.63, 3.8) is 0 Å². The van der Waals surface area contributed by atoms with Gasteiger partial charge in [0.1, 0.15) is 12.4 Å². The van der Waals surface area contributed by atoms with Gasteiger partial charge in [0.05, 0.1) is 38.9 Å². The van der Waals surface area contributed by atoms with Gasteiger partial charge in [-0.2, -0.15) is 0 Å². The number of ether oxygens (including phenoxy) is 2. The number of allylic oxidation sites excluding steroid dienone is 1. The summed E-state index contributed by atoms with van der Waals surface area (Å²) in [7, 11) is 0. The third kappa shape index (κ3) is 5.34. The zero-order valence-electron chi connectivity index (χ0n) is 21.8. The molecule has 40 heavy (non-hydrogen) atoms. The summed E-state index contributed by atoms with van der Waals surface area (Å²) in [5, 5.41) is 11.3. The van der Waals surface area contributed by atoms with Crippen LogP contribution in [-0.4, -0.2) is 22.1 Å². The van der Waals surface area contributed by atoms with Crippen LogP contribution in [-0.2, 0) is 16.1 Å². The first-order chi connectivity index (χ1) is 19.4. The second-order valence-electron chi connectivity index (χ2n) is 8.96. The standard InChI is InChI=1S/C30H25N3O6S/c1-3-38-29(35)26-19(2)31-30-32(27(26)21-11-5-4-6-12-21)28(34)25(40-30)17-20-10-9-14-23(16-20)39-18-22-13-7-8-15-24(22)33(36)37/h4-17,27H,3,18H2,1-2H3/b25-17-/t27-/m1/s1. The lowest BCUT2D eigenvalue weighted by Gasteiger charge is -2.24. The number of carbonyl (C=O) groups is 1. The van der Waals surface area contributed by atoms with Gasteiger partial charge in [-0.05, 0) is 49.2 Å². The fourth-order valence-corrected chi connectivity index (χ4v) is 5.61. The Bertz CT molecular complexity index is 1810. The number of rotatable bonds is 8. The number of nitrogens with zero attached hydrogens (tertiary/aromatic N) is 3. The second-order valence-corrected chi connectivity index (χ2v) is 9.97. The molecule has 10 heteroatoms. The van der Waals surface area contributed by atoms with Crippen molar-refractivity contribution in [2.75, 3.05) is 6.61 Å². The summed E-state index contributed by atoms with van der Waals surface area (Å²) in [6.45, 7) is 3.71. The summed E-state index contributed by atoms with van der Waals surface area (Å²) in [6, 6.07) is 22.2. The lowest BCUT2D eigenvalue weighted by Crippen LogP contribution is -2.39. The van der Waals surface area contributed by atoms with E-state index in [9.17, 15) is 19.7 Å². The molecule has 2 heterocycles. The number of fused-ring (bicyclic) bond motifs is 1. The third-order valence-electron chi connectivity index (χ3n) is 6.37. The molecule has 0 spiro atoms. The maximum Gasteiger partial charge on any atom is 0.338 e. The number of carbonyl (C=O) groups excluding carboxylic acids is 1. The van der Waals surface area contributed by atoms with Crippen LogP contribution in [0.3, 0.4) is 0 Å². The molecule has 5 rings (SSSR count). The Morgan fingerprint density at radius 3 is 2.60 bits per heavy atom. The van der Waals surface area contributed by atoms with Crippen molar-refractivity contribution < 1.29 is 19.2 Å². The van der Waals surface area contributed by atoms with Crippen molar-refractivity contribution in [3.05, 3.63) is 137 Å². The summed E-state index contributed by atoms with van der Waals surface area (Å²) in [6.07, 6.45) is 1.74. The van der Waals surface area contributed by atoms with Gasteiger partial charge in [0.15, 0.2) is 4.80 Å². The molecule has 0 saturated heterocycles. The fraction of sp³-hybridized carbons (Fsp3) is 0.167. The van der Waals surface area contributed by atoms with Crippen molar-refractivity contribution in [1.82, 2.24) is 4.57 Å². The summed E-state index contributed by atoms with van der Waals surface area (Å²) < 4.78 is 13.1. The molecule has 0 fully saturated rings. The zero-order valence-corrected chi connectivity index (χ0v) is 22.6. The second kappa shape index (κ2) is 11.5. The average Bonchev–Trinajstić information content (AvgIpc) is 3.25. The van der Waals surface area contributed by atoms with Gasteiger partial charge in [-0.3, -0.25) is 19.5 Å². The first-order valence-corrected chi connectivity index (χ1v) is 13.4. The molecule has 1 atom stereocenters. The van der Waals surface area contributed by atoms with E-state index in [4.69, 9.17) is 9.47 Å². The number of nitro groups is 1. The van der Waals surface area contributed by atoms with Gasteiger partial charge in [0.25, 0.3) is 11.2 Å². The smallest absolute Gasteiger partial charge is 0.338 e. The predicted molar refractivity (Wildman–Crippen MR) is 151 cm³/mol. The summed E-state index contributed by atoms with van der Waals surface area (Å²) in [5.74, 6) is -0.00216. The topological polar surface area (TPSA) is 113 Å². The summed E-state index contributed by atoms with van der Waals surface area (Å²) >= 11 is 1.23. The molecule has 0 radical (unpaired) electrons. The van der Waals surface area contributed by atoms with Crippen molar-refractivity contribution in [2.45, 2.75) is 26.5 Å². The molecule has 0 aliphatic carbocycles. The summed E-state index contributed by atoms with van der Waals surface area (Å²) in [4.78, 5) is 42.7. The molecule has 3 aromatic carbocycles. The van der Waals surface area contributed by atoms with Gasteiger partial charge in [0.2, 0.25) is 0 Å². The highest BCUT2D eigenvalue weighted by Gasteiger charge is 2.33. The maximum absolute atomic E-state index is 13.7. The molecule has 0 saturated carbocycles. The zero-order chi connectivity index (χ0) is 28.2. The highest BCUT2D eigenvalue weighted by atomic mass is 32.1. The Morgan fingerprint density at radius 1 is 1.10 bits per heavy atom. The van der Waals surface area contributed by atoms with Gasteiger partial charge >= 0.3 is 5.97 Å². The Balaban J connectivity index is 1.52. The fourth-order valence-electron chi connectivity index (χ4n) is 4.56. The average molecular weight is 556 g/mol. The van der Waals surface area contributed by atoms with Gasteiger partial charge in [0, 0.05) is 6.07 Å². The number of nitro benzene ring substituents is 1. The minimum atomic E-state index is -0.671.